The Morgan fingerprint density at radius 2 is 2.19 bits per heavy atom. The lowest BCUT2D eigenvalue weighted by Gasteiger charge is -2.17. The topological polar surface area (TPSA) is 32.3 Å². The summed E-state index contributed by atoms with van der Waals surface area (Å²) in [5.41, 5.74) is 0.642. The lowest BCUT2D eigenvalue weighted by molar-refractivity contribution is 0.225. The van der Waals surface area contributed by atoms with E-state index in [0.717, 1.165) is 6.54 Å². The predicted molar refractivity (Wildman–Crippen MR) is 64.8 cm³/mol. The summed E-state index contributed by atoms with van der Waals surface area (Å²) >= 11 is 5.69. The Hall–Kier alpha value is -0.350. The van der Waals surface area contributed by atoms with E-state index in [1.807, 2.05) is 0 Å². The van der Waals surface area contributed by atoms with Crippen LogP contribution in [0.4, 0.5) is 4.39 Å². The van der Waals surface area contributed by atoms with Crippen molar-refractivity contribution in [1.29, 1.82) is 0 Å². The van der Waals surface area contributed by atoms with Crippen molar-refractivity contribution in [2.24, 2.45) is 5.92 Å². The normalized spacial score (nSPS) is 24.2. The minimum atomic E-state index is -0.283. The monoisotopic (exact) mass is 265 g/mol. The number of hydrogen-bond acceptors (Lipinski definition) is 2. The number of benzene rings is 1. The van der Waals surface area contributed by atoms with Gasteiger partial charge in [-0.15, -0.1) is 12.4 Å². The van der Waals surface area contributed by atoms with Crippen molar-refractivity contribution in [3.8, 4) is 0 Å². The predicted octanol–water partition coefficient (Wildman–Crippen LogP) is 2.20. The van der Waals surface area contributed by atoms with Gasteiger partial charge in [-0.25, -0.2) is 4.39 Å². The van der Waals surface area contributed by atoms with Gasteiger partial charge in [0, 0.05) is 36.6 Å². The Morgan fingerprint density at radius 1 is 1.44 bits per heavy atom. The van der Waals surface area contributed by atoms with E-state index >= 15 is 0 Å². The minimum absolute atomic E-state index is 0. The molecule has 1 aliphatic heterocycles. The minimum Gasteiger partial charge on any atom is -0.396 e. The van der Waals surface area contributed by atoms with Crippen LogP contribution in [-0.4, -0.2) is 24.8 Å². The molecular weight excluding hydrogens is 252 g/mol. The molecule has 1 fully saturated rings. The Bertz CT molecular complexity index is 362. The first kappa shape index (κ1) is 13.7. The molecule has 0 radical (unpaired) electrons. The average molecular weight is 266 g/mol. The highest BCUT2D eigenvalue weighted by Crippen LogP contribution is 2.30. The number of rotatable bonds is 2. The van der Waals surface area contributed by atoms with Gasteiger partial charge in [0.25, 0.3) is 0 Å². The van der Waals surface area contributed by atoms with E-state index in [9.17, 15) is 4.39 Å². The van der Waals surface area contributed by atoms with Crippen molar-refractivity contribution < 1.29 is 9.50 Å². The van der Waals surface area contributed by atoms with Gasteiger partial charge >= 0.3 is 0 Å². The molecule has 0 saturated carbocycles. The van der Waals surface area contributed by atoms with E-state index in [0.29, 0.717) is 17.1 Å². The zero-order valence-electron chi connectivity index (χ0n) is 8.62. The first-order valence-electron chi connectivity index (χ1n) is 4.99. The van der Waals surface area contributed by atoms with Crippen molar-refractivity contribution in [1.82, 2.24) is 5.32 Å². The number of aliphatic hydroxyl groups excluding tert-OH is 1. The standard InChI is InChI=1S/C11H13ClFNO.ClH/c12-8-1-2-9(11(13)3-8)10-5-14-4-7(10)6-15;/h1-3,7,10,14-15H,4-6H2;1H/t7-,10+;/m0./s1. The molecule has 0 spiro atoms. The second-order valence-corrected chi connectivity index (χ2v) is 4.31. The van der Waals surface area contributed by atoms with E-state index in [-0.39, 0.29) is 36.7 Å². The summed E-state index contributed by atoms with van der Waals surface area (Å²) in [5, 5.41) is 12.7. The van der Waals surface area contributed by atoms with Crippen LogP contribution in [0.2, 0.25) is 5.02 Å². The third kappa shape index (κ3) is 2.66. The van der Waals surface area contributed by atoms with Crippen molar-refractivity contribution in [3.05, 3.63) is 34.6 Å². The number of nitrogens with one attached hydrogen (secondary N) is 1. The Morgan fingerprint density at radius 3 is 2.81 bits per heavy atom. The van der Waals surface area contributed by atoms with Gasteiger partial charge in [-0.1, -0.05) is 17.7 Å². The van der Waals surface area contributed by atoms with Gasteiger partial charge in [0.2, 0.25) is 0 Å². The second-order valence-electron chi connectivity index (χ2n) is 3.87. The van der Waals surface area contributed by atoms with E-state index in [2.05, 4.69) is 5.32 Å². The van der Waals surface area contributed by atoms with Gasteiger partial charge in [0.15, 0.2) is 0 Å². The zero-order chi connectivity index (χ0) is 10.8. The van der Waals surface area contributed by atoms with Crippen LogP contribution in [0.1, 0.15) is 11.5 Å². The Labute approximate surface area is 105 Å². The highest BCUT2D eigenvalue weighted by Gasteiger charge is 2.29. The smallest absolute Gasteiger partial charge is 0.128 e. The molecule has 1 aliphatic rings. The fourth-order valence-electron chi connectivity index (χ4n) is 2.09. The van der Waals surface area contributed by atoms with Crippen molar-refractivity contribution in [3.63, 3.8) is 0 Å². The van der Waals surface area contributed by atoms with Crippen LogP contribution in [0, 0.1) is 11.7 Å². The van der Waals surface area contributed by atoms with Crippen LogP contribution in [0.5, 0.6) is 0 Å². The van der Waals surface area contributed by atoms with Gasteiger partial charge in [-0.3, -0.25) is 0 Å². The molecule has 1 saturated heterocycles. The lowest BCUT2D eigenvalue weighted by Crippen LogP contribution is -2.15. The summed E-state index contributed by atoms with van der Waals surface area (Å²) in [6.45, 7) is 1.53. The summed E-state index contributed by atoms with van der Waals surface area (Å²) in [6.07, 6.45) is 0. The quantitative estimate of drug-likeness (QED) is 0.860. The molecule has 2 N–H and O–H groups in total. The fraction of sp³-hybridized carbons (Fsp3) is 0.455. The van der Waals surface area contributed by atoms with Crippen molar-refractivity contribution in [2.75, 3.05) is 19.7 Å². The first-order valence-corrected chi connectivity index (χ1v) is 5.36. The molecule has 90 valence electrons. The average Bonchev–Trinajstić information content (AvgIpc) is 2.65. The zero-order valence-corrected chi connectivity index (χ0v) is 10.2. The number of hydrogen-bond donors (Lipinski definition) is 2. The van der Waals surface area contributed by atoms with Gasteiger partial charge in [-0.2, -0.15) is 0 Å². The molecule has 5 heteroatoms. The third-order valence-corrected chi connectivity index (χ3v) is 3.17. The molecule has 0 aliphatic carbocycles. The molecule has 0 aromatic heterocycles. The van der Waals surface area contributed by atoms with Crippen LogP contribution in [0.15, 0.2) is 18.2 Å². The first-order chi connectivity index (χ1) is 7.22. The van der Waals surface area contributed by atoms with Crippen LogP contribution in [0.25, 0.3) is 0 Å². The number of aliphatic hydroxyl groups is 1. The fourth-order valence-corrected chi connectivity index (χ4v) is 2.25. The van der Waals surface area contributed by atoms with E-state index in [1.165, 1.54) is 6.07 Å². The molecule has 1 aromatic rings. The SMILES string of the molecule is Cl.OC[C@@H]1CNC[C@H]1c1ccc(Cl)cc1F. The maximum Gasteiger partial charge on any atom is 0.128 e. The van der Waals surface area contributed by atoms with Crippen molar-refractivity contribution >= 4 is 24.0 Å². The molecule has 0 unspecified atom stereocenters. The summed E-state index contributed by atoms with van der Waals surface area (Å²) in [4.78, 5) is 0. The van der Waals surface area contributed by atoms with E-state index in [4.69, 9.17) is 16.7 Å². The van der Waals surface area contributed by atoms with E-state index < -0.39 is 0 Å². The van der Waals surface area contributed by atoms with Crippen LogP contribution in [-0.2, 0) is 0 Å². The molecule has 2 rings (SSSR count). The molecular formula is C11H14Cl2FNO. The summed E-state index contributed by atoms with van der Waals surface area (Å²) in [7, 11) is 0. The van der Waals surface area contributed by atoms with Crippen LogP contribution < -0.4 is 5.32 Å². The summed E-state index contributed by atoms with van der Waals surface area (Å²) in [6, 6.07) is 4.72. The third-order valence-electron chi connectivity index (χ3n) is 2.94. The van der Waals surface area contributed by atoms with Gasteiger partial charge in [-0.05, 0) is 17.7 Å². The molecule has 2 atom stereocenters. The van der Waals surface area contributed by atoms with E-state index in [1.54, 1.807) is 12.1 Å². The maximum absolute atomic E-state index is 13.6. The summed E-state index contributed by atoms with van der Waals surface area (Å²) in [5.74, 6) is -0.136. The molecule has 16 heavy (non-hydrogen) atoms. The summed E-state index contributed by atoms with van der Waals surface area (Å²) < 4.78 is 13.6. The second kappa shape index (κ2) is 5.82. The van der Waals surface area contributed by atoms with Crippen LogP contribution >= 0.6 is 24.0 Å². The highest BCUT2D eigenvalue weighted by molar-refractivity contribution is 6.30. The van der Waals surface area contributed by atoms with Gasteiger partial charge < -0.3 is 10.4 Å². The molecule has 1 aromatic carbocycles. The molecule has 1 heterocycles. The molecule has 0 amide bonds. The Kier molecular flexibility index (Phi) is 4.99. The van der Waals surface area contributed by atoms with Crippen LogP contribution in [0.3, 0.4) is 0 Å². The number of halogens is 3. The van der Waals surface area contributed by atoms with Crippen molar-refractivity contribution in [2.45, 2.75) is 5.92 Å². The largest absolute Gasteiger partial charge is 0.396 e. The van der Waals surface area contributed by atoms with Gasteiger partial charge in [0.05, 0.1) is 0 Å². The molecule has 2 nitrogen and oxygen atoms in total. The maximum atomic E-state index is 13.6. The van der Waals surface area contributed by atoms with Gasteiger partial charge in [0.1, 0.15) is 5.82 Å². The lowest BCUT2D eigenvalue weighted by atomic mass is 9.89. The molecule has 0 bridgehead atoms. The highest BCUT2D eigenvalue weighted by atomic mass is 35.5. The Balaban J connectivity index is 0.00000128.